The van der Waals surface area contributed by atoms with Crippen LogP contribution in [-0.4, -0.2) is 0 Å². The van der Waals surface area contributed by atoms with Crippen LogP contribution in [0.25, 0.3) is 11.1 Å². The molecule has 2 saturated carbocycles. The Bertz CT molecular complexity index is 867. The van der Waals surface area contributed by atoms with Crippen LogP contribution in [0.2, 0.25) is 5.02 Å². The number of hydrogen-bond acceptors (Lipinski definition) is 0. The quantitative estimate of drug-likeness (QED) is 0.309. The van der Waals surface area contributed by atoms with Gasteiger partial charge in [0.2, 0.25) is 0 Å². The predicted molar refractivity (Wildman–Crippen MR) is 140 cm³/mol. The Morgan fingerprint density at radius 2 is 1.21 bits per heavy atom. The van der Waals surface area contributed by atoms with Gasteiger partial charge in [0.25, 0.3) is 0 Å². The lowest BCUT2D eigenvalue weighted by Gasteiger charge is -2.32. The molecule has 2 fully saturated rings. The summed E-state index contributed by atoms with van der Waals surface area (Å²) in [7, 11) is 0. The van der Waals surface area contributed by atoms with Crippen LogP contribution < -0.4 is 0 Å². The second-order valence-electron chi connectivity index (χ2n) is 11.0. The van der Waals surface area contributed by atoms with Crippen LogP contribution in [-0.2, 0) is 0 Å². The Morgan fingerprint density at radius 3 is 1.74 bits per heavy atom. The maximum absolute atomic E-state index is 14.9. The molecule has 0 heterocycles. The van der Waals surface area contributed by atoms with Crippen LogP contribution in [0.3, 0.4) is 0 Å². The normalized spacial score (nSPS) is 25.4. The number of halogens is 3. The van der Waals surface area contributed by atoms with Gasteiger partial charge in [0, 0.05) is 5.02 Å². The molecular formula is C31H41ClF2. The second-order valence-corrected chi connectivity index (χ2v) is 11.5. The molecule has 0 aliphatic heterocycles. The fourth-order valence-electron chi connectivity index (χ4n) is 6.47. The molecule has 0 spiro atoms. The van der Waals surface area contributed by atoms with Crippen molar-refractivity contribution in [1.82, 2.24) is 0 Å². The van der Waals surface area contributed by atoms with Gasteiger partial charge in [-0.05, 0) is 84.7 Å². The summed E-state index contributed by atoms with van der Waals surface area (Å²) in [6, 6.07) is 9.82. The molecule has 0 bridgehead atoms. The molecular weight excluding hydrogens is 446 g/mol. The molecule has 2 aliphatic rings. The first-order valence-corrected chi connectivity index (χ1v) is 14.2. The largest absolute Gasteiger partial charge is 0.206 e. The Labute approximate surface area is 210 Å². The van der Waals surface area contributed by atoms with Gasteiger partial charge in [-0.25, -0.2) is 8.78 Å². The van der Waals surface area contributed by atoms with E-state index < -0.39 is 11.6 Å². The van der Waals surface area contributed by atoms with Gasteiger partial charge < -0.3 is 0 Å². The summed E-state index contributed by atoms with van der Waals surface area (Å²) in [5, 5.41) is 0.563. The number of benzene rings is 2. The van der Waals surface area contributed by atoms with Crippen LogP contribution in [0.4, 0.5) is 8.78 Å². The fraction of sp³-hybridized carbons (Fsp3) is 0.613. The zero-order valence-electron chi connectivity index (χ0n) is 20.8. The Hall–Kier alpha value is -1.41. The lowest BCUT2D eigenvalue weighted by atomic mass is 9.74. The van der Waals surface area contributed by atoms with Gasteiger partial charge >= 0.3 is 0 Å². The van der Waals surface area contributed by atoms with Crippen molar-refractivity contribution in [3.63, 3.8) is 0 Å². The first-order valence-electron chi connectivity index (χ1n) is 13.8. The highest BCUT2D eigenvalue weighted by Gasteiger charge is 2.26. The van der Waals surface area contributed by atoms with Gasteiger partial charge in [-0.15, -0.1) is 0 Å². The first kappa shape index (κ1) is 25.7. The van der Waals surface area contributed by atoms with E-state index in [1.165, 1.54) is 77.0 Å². The zero-order chi connectivity index (χ0) is 23.9. The van der Waals surface area contributed by atoms with E-state index in [-0.39, 0.29) is 11.5 Å². The van der Waals surface area contributed by atoms with Crippen molar-refractivity contribution in [3.05, 3.63) is 58.6 Å². The van der Waals surface area contributed by atoms with Crippen molar-refractivity contribution in [3.8, 4) is 11.1 Å². The molecule has 0 aromatic heterocycles. The summed E-state index contributed by atoms with van der Waals surface area (Å²) in [5.74, 6) is 2.06. The summed E-state index contributed by atoms with van der Waals surface area (Å²) in [4.78, 5) is 0. The Kier molecular flexibility index (Phi) is 9.46. The lowest BCUT2D eigenvalue weighted by Crippen LogP contribution is -2.18. The molecule has 0 amide bonds. The van der Waals surface area contributed by atoms with Crippen LogP contribution in [0, 0.1) is 29.4 Å². The third-order valence-corrected chi connectivity index (χ3v) is 8.93. The van der Waals surface area contributed by atoms with Crippen LogP contribution in [0.1, 0.15) is 108 Å². The molecule has 2 aromatic carbocycles. The van der Waals surface area contributed by atoms with E-state index in [1.54, 1.807) is 36.4 Å². The molecule has 0 N–H and O–H groups in total. The van der Waals surface area contributed by atoms with Crippen molar-refractivity contribution in [2.24, 2.45) is 17.8 Å². The minimum absolute atomic E-state index is 0.0502. The van der Waals surface area contributed by atoms with Crippen LogP contribution in [0.15, 0.2) is 36.4 Å². The monoisotopic (exact) mass is 486 g/mol. The van der Waals surface area contributed by atoms with Gasteiger partial charge in [-0.1, -0.05) is 94.9 Å². The molecule has 0 radical (unpaired) electrons. The predicted octanol–water partition coefficient (Wildman–Crippen LogP) is 10.7. The standard InChI is InChI=1S/C31H41ClF2/c1-2-3-4-5-22-6-8-23(9-7-22)10-11-24-12-14-25(15-13-24)27-20-29(33)31(30(34)21-27)26-16-18-28(32)19-17-26/h16-25H,2-15H2,1H3/t22-,23-,24-,25-. The third kappa shape index (κ3) is 6.84. The number of rotatable bonds is 9. The summed E-state index contributed by atoms with van der Waals surface area (Å²) in [5.41, 5.74) is 1.41. The average Bonchev–Trinajstić information content (AvgIpc) is 2.85. The lowest BCUT2D eigenvalue weighted by molar-refractivity contribution is 0.222. The highest BCUT2D eigenvalue weighted by Crippen LogP contribution is 2.41. The second kappa shape index (κ2) is 12.5. The van der Waals surface area contributed by atoms with Gasteiger partial charge in [0.1, 0.15) is 11.6 Å². The van der Waals surface area contributed by atoms with Gasteiger partial charge in [0.15, 0.2) is 0 Å². The van der Waals surface area contributed by atoms with E-state index in [0.29, 0.717) is 10.6 Å². The van der Waals surface area contributed by atoms with Gasteiger partial charge in [-0.2, -0.15) is 0 Å². The molecule has 34 heavy (non-hydrogen) atoms. The van der Waals surface area contributed by atoms with E-state index in [2.05, 4.69) is 6.92 Å². The number of hydrogen-bond donors (Lipinski definition) is 0. The topological polar surface area (TPSA) is 0 Å². The molecule has 0 unspecified atom stereocenters. The van der Waals surface area contributed by atoms with E-state index in [4.69, 9.17) is 11.6 Å². The molecule has 0 nitrogen and oxygen atoms in total. The maximum atomic E-state index is 14.9. The third-order valence-electron chi connectivity index (χ3n) is 8.68. The van der Waals surface area contributed by atoms with Crippen LogP contribution in [0.5, 0.6) is 0 Å². The van der Waals surface area contributed by atoms with E-state index in [1.807, 2.05) is 0 Å². The summed E-state index contributed by atoms with van der Waals surface area (Å²) in [6.45, 7) is 2.29. The SMILES string of the molecule is CCCCC[C@H]1CC[C@H](CC[C@H]2CC[C@H](c3cc(F)c(-c4ccc(Cl)cc4)c(F)c3)CC2)CC1. The molecule has 2 aliphatic carbocycles. The van der Waals surface area contributed by atoms with Gasteiger partial charge in [0.05, 0.1) is 5.56 Å². The van der Waals surface area contributed by atoms with E-state index in [9.17, 15) is 8.78 Å². The molecule has 0 saturated heterocycles. The van der Waals surface area contributed by atoms with Crippen molar-refractivity contribution in [1.29, 1.82) is 0 Å². The van der Waals surface area contributed by atoms with Crippen molar-refractivity contribution >= 4 is 11.6 Å². The van der Waals surface area contributed by atoms with Crippen LogP contribution >= 0.6 is 11.6 Å². The zero-order valence-corrected chi connectivity index (χ0v) is 21.6. The van der Waals surface area contributed by atoms with Crippen molar-refractivity contribution in [2.75, 3.05) is 0 Å². The number of unbranched alkanes of at least 4 members (excludes halogenated alkanes) is 2. The summed E-state index contributed by atoms with van der Waals surface area (Å²) < 4.78 is 29.8. The molecule has 186 valence electrons. The van der Waals surface area contributed by atoms with E-state index >= 15 is 0 Å². The fourth-order valence-corrected chi connectivity index (χ4v) is 6.59. The minimum Gasteiger partial charge on any atom is -0.206 e. The Balaban J connectivity index is 1.23. The highest BCUT2D eigenvalue weighted by atomic mass is 35.5. The summed E-state index contributed by atoms with van der Waals surface area (Å²) in [6.07, 6.45) is 18.6. The smallest absolute Gasteiger partial charge is 0.134 e. The maximum Gasteiger partial charge on any atom is 0.134 e. The average molecular weight is 487 g/mol. The van der Waals surface area contributed by atoms with Crippen molar-refractivity contribution < 1.29 is 8.78 Å². The summed E-state index contributed by atoms with van der Waals surface area (Å²) >= 11 is 5.92. The first-order chi connectivity index (χ1) is 16.5. The molecule has 4 rings (SSSR count). The molecule has 3 heteroatoms. The Morgan fingerprint density at radius 1 is 0.706 bits per heavy atom. The van der Waals surface area contributed by atoms with Gasteiger partial charge in [-0.3, -0.25) is 0 Å². The minimum atomic E-state index is -0.468. The highest BCUT2D eigenvalue weighted by molar-refractivity contribution is 6.30. The van der Waals surface area contributed by atoms with E-state index in [0.717, 1.165) is 36.2 Å². The van der Waals surface area contributed by atoms with Crippen molar-refractivity contribution in [2.45, 2.75) is 103 Å². The molecule has 2 aromatic rings. The molecule has 0 atom stereocenters.